The van der Waals surface area contributed by atoms with Gasteiger partial charge in [-0.2, -0.15) is 0 Å². The Morgan fingerprint density at radius 1 is 1.06 bits per heavy atom. The van der Waals surface area contributed by atoms with E-state index in [-0.39, 0.29) is 11.5 Å². The van der Waals surface area contributed by atoms with Gasteiger partial charge in [-0.15, -0.1) is 0 Å². The van der Waals surface area contributed by atoms with E-state index in [0.717, 1.165) is 27.7 Å². The zero-order valence-corrected chi connectivity index (χ0v) is 17.9. The second-order valence-corrected chi connectivity index (χ2v) is 8.43. The minimum absolute atomic E-state index is 0.105. The van der Waals surface area contributed by atoms with Crippen molar-refractivity contribution in [3.63, 3.8) is 0 Å². The van der Waals surface area contributed by atoms with Crippen molar-refractivity contribution >= 4 is 38.6 Å². The fourth-order valence-electron chi connectivity index (χ4n) is 4.23. The molecule has 0 saturated carbocycles. The molecule has 1 aromatic heterocycles. The lowest BCUT2D eigenvalue weighted by Gasteiger charge is -2.36. The van der Waals surface area contributed by atoms with E-state index in [0.29, 0.717) is 17.4 Å². The van der Waals surface area contributed by atoms with Crippen LogP contribution in [0.1, 0.15) is 22.9 Å². The predicted molar refractivity (Wildman–Crippen MR) is 120 cm³/mol. The van der Waals surface area contributed by atoms with Gasteiger partial charge in [-0.1, -0.05) is 46.3 Å². The molecule has 0 spiro atoms. The van der Waals surface area contributed by atoms with Crippen molar-refractivity contribution in [1.29, 1.82) is 0 Å². The molecular formula is C24H18BrF2N3O. The summed E-state index contributed by atoms with van der Waals surface area (Å²) >= 11 is 3.22. The number of H-pyrrole nitrogens is 1. The molecule has 1 atom stereocenters. The number of anilines is 1. The highest BCUT2D eigenvalue weighted by molar-refractivity contribution is 9.10. The number of hydrogen-bond acceptors (Lipinski definition) is 1. The molecule has 0 fully saturated rings. The number of aromatic amines is 1. The molecule has 156 valence electrons. The smallest absolute Gasteiger partial charge is 0.322 e. The van der Waals surface area contributed by atoms with Crippen LogP contribution in [-0.4, -0.2) is 22.5 Å². The highest BCUT2D eigenvalue weighted by Gasteiger charge is 2.34. The lowest BCUT2D eigenvalue weighted by Crippen LogP contribution is -2.43. The van der Waals surface area contributed by atoms with E-state index in [1.165, 1.54) is 24.3 Å². The first-order valence-electron chi connectivity index (χ1n) is 9.89. The van der Waals surface area contributed by atoms with Crippen molar-refractivity contribution < 1.29 is 13.6 Å². The van der Waals surface area contributed by atoms with E-state index in [1.54, 1.807) is 23.1 Å². The highest BCUT2D eigenvalue weighted by atomic mass is 79.9. The Labute approximate surface area is 186 Å². The molecule has 5 rings (SSSR count). The van der Waals surface area contributed by atoms with Crippen LogP contribution in [0, 0.1) is 11.6 Å². The molecule has 0 unspecified atom stereocenters. The zero-order chi connectivity index (χ0) is 21.5. The number of nitrogens with zero attached hydrogens (tertiary/aromatic N) is 1. The Bertz CT molecular complexity index is 1290. The largest absolute Gasteiger partial charge is 0.356 e. The fraction of sp³-hybridized carbons (Fsp3) is 0.125. The van der Waals surface area contributed by atoms with E-state index >= 15 is 0 Å². The molecule has 0 saturated heterocycles. The van der Waals surface area contributed by atoms with Crippen LogP contribution in [-0.2, 0) is 6.42 Å². The normalized spacial score (nSPS) is 15.7. The summed E-state index contributed by atoms with van der Waals surface area (Å²) in [5.74, 6) is -0.867. The Morgan fingerprint density at radius 3 is 2.61 bits per heavy atom. The van der Waals surface area contributed by atoms with Crippen LogP contribution in [0.2, 0.25) is 0 Å². The SMILES string of the molecule is O=C(Nc1ccc(Br)cc1F)N1CCc2c([nH]c3ccccc23)[C@H]1c1ccc(F)cc1. The van der Waals surface area contributed by atoms with E-state index in [1.807, 2.05) is 18.2 Å². The molecule has 0 aliphatic carbocycles. The fourth-order valence-corrected chi connectivity index (χ4v) is 4.56. The van der Waals surface area contributed by atoms with Crippen LogP contribution in [0.15, 0.2) is 71.2 Å². The number of aromatic nitrogens is 1. The van der Waals surface area contributed by atoms with E-state index in [9.17, 15) is 13.6 Å². The molecule has 1 aliphatic rings. The molecule has 2 N–H and O–H groups in total. The van der Waals surface area contributed by atoms with Gasteiger partial charge in [0.05, 0.1) is 11.7 Å². The average Bonchev–Trinajstić information content (AvgIpc) is 3.14. The summed E-state index contributed by atoms with van der Waals surface area (Å²) in [5, 5.41) is 3.80. The average molecular weight is 482 g/mol. The third kappa shape index (κ3) is 3.59. The number of para-hydroxylation sites is 1. The molecule has 31 heavy (non-hydrogen) atoms. The number of amides is 2. The molecule has 7 heteroatoms. The number of nitrogens with one attached hydrogen (secondary N) is 2. The molecule has 0 bridgehead atoms. The van der Waals surface area contributed by atoms with Gasteiger partial charge in [0.25, 0.3) is 0 Å². The van der Waals surface area contributed by atoms with Crippen molar-refractivity contribution in [2.75, 3.05) is 11.9 Å². The van der Waals surface area contributed by atoms with Crippen molar-refractivity contribution in [3.8, 4) is 0 Å². The van der Waals surface area contributed by atoms with Crippen LogP contribution < -0.4 is 5.32 Å². The third-order valence-electron chi connectivity index (χ3n) is 5.65. The van der Waals surface area contributed by atoms with Crippen LogP contribution in [0.5, 0.6) is 0 Å². The maximum absolute atomic E-state index is 14.3. The van der Waals surface area contributed by atoms with Crippen molar-refractivity contribution in [2.45, 2.75) is 12.5 Å². The van der Waals surface area contributed by atoms with Gasteiger partial charge in [0.2, 0.25) is 0 Å². The summed E-state index contributed by atoms with van der Waals surface area (Å²) < 4.78 is 28.5. The second-order valence-electron chi connectivity index (χ2n) is 7.51. The van der Waals surface area contributed by atoms with Crippen LogP contribution in [0.3, 0.4) is 0 Å². The summed E-state index contributed by atoms with van der Waals surface area (Å²) in [7, 11) is 0. The van der Waals surface area contributed by atoms with Crippen LogP contribution in [0.25, 0.3) is 10.9 Å². The topological polar surface area (TPSA) is 48.1 Å². The first kappa shape index (κ1) is 19.8. The van der Waals surface area contributed by atoms with E-state index in [4.69, 9.17) is 0 Å². The Morgan fingerprint density at radius 2 is 1.84 bits per heavy atom. The zero-order valence-electron chi connectivity index (χ0n) is 16.3. The molecule has 0 radical (unpaired) electrons. The number of urea groups is 1. The maximum Gasteiger partial charge on any atom is 0.322 e. The summed E-state index contributed by atoms with van der Waals surface area (Å²) in [6.45, 7) is 0.445. The Hall–Kier alpha value is -3.19. The molecule has 1 aliphatic heterocycles. The van der Waals surface area contributed by atoms with Gasteiger partial charge in [0.1, 0.15) is 11.6 Å². The third-order valence-corrected chi connectivity index (χ3v) is 6.15. The molecular weight excluding hydrogens is 464 g/mol. The second kappa shape index (κ2) is 7.81. The van der Waals surface area contributed by atoms with Gasteiger partial charge < -0.3 is 15.2 Å². The quantitative estimate of drug-likeness (QED) is 0.342. The first-order chi connectivity index (χ1) is 15.0. The first-order valence-corrected chi connectivity index (χ1v) is 10.7. The minimum atomic E-state index is -0.524. The van der Waals surface area contributed by atoms with Gasteiger partial charge >= 0.3 is 6.03 Å². The van der Waals surface area contributed by atoms with Crippen molar-refractivity contribution in [3.05, 3.63) is 99.7 Å². The molecule has 2 amide bonds. The van der Waals surface area contributed by atoms with Gasteiger partial charge in [0.15, 0.2) is 0 Å². The Kier molecular flexibility index (Phi) is 4.98. The number of halogens is 3. The lowest BCUT2D eigenvalue weighted by molar-refractivity contribution is 0.193. The molecule has 2 heterocycles. The van der Waals surface area contributed by atoms with Crippen LogP contribution >= 0.6 is 15.9 Å². The van der Waals surface area contributed by atoms with Crippen LogP contribution in [0.4, 0.5) is 19.3 Å². The lowest BCUT2D eigenvalue weighted by atomic mass is 9.92. The minimum Gasteiger partial charge on any atom is -0.356 e. The van der Waals surface area contributed by atoms with E-state index in [2.05, 4.69) is 32.3 Å². The molecule has 4 nitrogen and oxygen atoms in total. The summed E-state index contributed by atoms with van der Waals surface area (Å²) in [6, 6.07) is 17.8. The molecule has 3 aromatic carbocycles. The summed E-state index contributed by atoms with van der Waals surface area (Å²) in [5.41, 5.74) is 3.91. The monoisotopic (exact) mass is 481 g/mol. The van der Waals surface area contributed by atoms with Gasteiger partial charge in [-0.25, -0.2) is 13.6 Å². The van der Waals surface area contributed by atoms with Crippen molar-refractivity contribution in [2.24, 2.45) is 0 Å². The number of benzene rings is 3. The summed E-state index contributed by atoms with van der Waals surface area (Å²) in [4.78, 5) is 18.3. The Balaban J connectivity index is 1.57. The number of fused-ring (bicyclic) bond motifs is 3. The van der Waals surface area contributed by atoms with Gasteiger partial charge in [0, 0.05) is 27.6 Å². The number of carbonyl (C=O) groups excluding carboxylic acids is 1. The van der Waals surface area contributed by atoms with E-state index < -0.39 is 17.9 Å². The maximum atomic E-state index is 14.3. The predicted octanol–water partition coefficient (Wildman–Crippen LogP) is 6.39. The molecule has 4 aromatic rings. The standard InChI is InChI=1S/C24H18BrF2N3O/c25-15-7-10-21(19(27)13-15)29-24(31)30-12-11-18-17-3-1-2-4-20(17)28-22(18)23(30)14-5-8-16(26)9-6-14/h1-10,13,23,28H,11-12H2,(H,29,31)/t23-/m1/s1. The summed E-state index contributed by atoms with van der Waals surface area (Å²) in [6.07, 6.45) is 0.660. The van der Waals surface area contributed by atoms with Crippen molar-refractivity contribution in [1.82, 2.24) is 9.88 Å². The van der Waals surface area contributed by atoms with Gasteiger partial charge in [-0.3, -0.25) is 0 Å². The number of rotatable bonds is 2. The van der Waals surface area contributed by atoms with Gasteiger partial charge in [-0.05, 0) is 53.9 Å². The highest BCUT2D eigenvalue weighted by Crippen LogP contribution is 2.38. The number of carbonyl (C=O) groups is 1. The number of hydrogen-bond donors (Lipinski definition) is 2.